The number of carbonyl (C=O) groups is 1. The molecule has 9 heteroatoms. The summed E-state index contributed by atoms with van der Waals surface area (Å²) >= 11 is 5.94. The predicted molar refractivity (Wildman–Crippen MR) is 147 cm³/mol. The highest BCUT2D eigenvalue weighted by molar-refractivity contribution is 6.30. The Morgan fingerprint density at radius 1 is 1.03 bits per heavy atom. The van der Waals surface area contributed by atoms with Gasteiger partial charge >= 0.3 is 0 Å². The number of carbonyl (C=O) groups excluding carboxylic acids is 1. The molecule has 0 spiro atoms. The summed E-state index contributed by atoms with van der Waals surface area (Å²) in [6.45, 7) is 7.29. The van der Waals surface area contributed by atoms with Crippen LogP contribution in [0, 0.1) is 11.3 Å². The first-order valence-corrected chi connectivity index (χ1v) is 12.3. The van der Waals surface area contributed by atoms with Crippen molar-refractivity contribution in [3.63, 3.8) is 0 Å². The molecule has 1 fully saturated rings. The number of hydrogen-bond donors (Lipinski definition) is 1. The van der Waals surface area contributed by atoms with Gasteiger partial charge in [-0.1, -0.05) is 43.6 Å². The number of nitriles is 1. The number of pyridine rings is 1. The number of benzene rings is 2. The Kier molecular flexibility index (Phi) is 10.5. The molecule has 1 amide bonds. The van der Waals surface area contributed by atoms with Crippen molar-refractivity contribution in [1.29, 1.82) is 5.26 Å². The van der Waals surface area contributed by atoms with Gasteiger partial charge in [0, 0.05) is 55.2 Å². The van der Waals surface area contributed by atoms with Crippen molar-refractivity contribution in [2.24, 2.45) is 0 Å². The zero-order valence-electron chi connectivity index (χ0n) is 21.5. The summed E-state index contributed by atoms with van der Waals surface area (Å²) in [6.07, 6.45) is 0. The van der Waals surface area contributed by atoms with Gasteiger partial charge in [-0.15, -0.1) is 0 Å². The van der Waals surface area contributed by atoms with E-state index in [4.69, 9.17) is 11.6 Å². The van der Waals surface area contributed by atoms with Crippen LogP contribution in [0.1, 0.15) is 29.8 Å². The molecule has 0 radical (unpaired) electrons. The maximum atomic E-state index is 13.3. The van der Waals surface area contributed by atoms with Crippen LogP contribution in [-0.2, 0) is 6.54 Å². The topological polar surface area (TPSA) is 108 Å². The van der Waals surface area contributed by atoms with Gasteiger partial charge in [0.25, 0.3) is 11.5 Å². The van der Waals surface area contributed by atoms with Crippen LogP contribution in [0.5, 0.6) is 0 Å². The summed E-state index contributed by atoms with van der Waals surface area (Å²) in [6, 6.07) is 16.8. The van der Waals surface area contributed by atoms with E-state index in [0.29, 0.717) is 55.5 Å². The molecule has 3 N–H and O–H groups in total. The Morgan fingerprint density at radius 2 is 1.64 bits per heavy atom. The fourth-order valence-corrected chi connectivity index (χ4v) is 4.37. The van der Waals surface area contributed by atoms with Crippen molar-refractivity contribution in [3.05, 3.63) is 75.0 Å². The zero-order chi connectivity index (χ0) is 25.5. The molecular weight excluding hydrogens is 476 g/mol. The lowest BCUT2D eigenvalue weighted by molar-refractivity contribution is 0.0747. The largest absolute Gasteiger partial charge is 0.366 e. The number of halogens is 1. The summed E-state index contributed by atoms with van der Waals surface area (Å²) in [5, 5.41) is 11.4. The van der Waals surface area contributed by atoms with Crippen LogP contribution < -0.4 is 16.6 Å². The Hall–Kier alpha value is -3.38. The normalized spacial score (nSPS) is 13.0. The second-order valence-corrected chi connectivity index (χ2v) is 8.84. The standard InChI is InChI=1S/C25H26ClN5O2.C2H6.H3N/c1-28(2)11-16-31-22-6-4-3-5-20(22)23(21(17-27)25(31)33)29-12-14-30(15-13-29)24(32)18-7-9-19(26)10-8-18;1-2;/h3-10H,11-16H2,1-2H3;1-2H3;1H3. The van der Waals surface area contributed by atoms with Crippen LogP contribution in [-0.4, -0.2) is 67.1 Å². The molecule has 1 aliphatic heterocycles. The lowest BCUT2D eigenvalue weighted by atomic mass is 10.1. The molecule has 8 nitrogen and oxygen atoms in total. The van der Waals surface area contributed by atoms with Crippen molar-refractivity contribution < 1.29 is 4.79 Å². The van der Waals surface area contributed by atoms with Gasteiger partial charge in [0.15, 0.2) is 0 Å². The number of anilines is 1. The van der Waals surface area contributed by atoms with Crippen molar-refractivity contribution >= 4 is 34.1 Å². The van der Waals surface area contributed by atoms with Gasteiger partial charge in [-0.05, 0) is 44.4 Å². The molecule has 4 rings (SSSR count). The Morgan fingerprint density at radius 3 is 2.22 bits per heavy atom. The molecule has 1 aliphatic rings. The van der Waals surface area contributed by atoms with E-state index in [-0.39, 0.29) is 23.2 Å². The second-order valence-electron chi connectivity index (χ2n) is 8.40. The Labute approximate surface area is 217 Å². The smallest absolute Gasteiger partial charge is 0.271 e. The third kappa shape index (κ3) is 6.05. The maximum Gasteiger partial charge on any atom is 0.271 e. The first kappa shape index (κ1) is 28.9. The second kappa shape index (κ2) is 13.1. The summed E-state index contributed by atoms with van der Waals surface area (Å²) in [7, 11) is 3.91. The summed E-state index contributed by atoms with van der Waals surface area (Å²) in [5.74, 6) is -0.0456. The molecule has 0 aliphatic carbocycles. The van der Waals surface area contributed by atoms with Crippen molar-refractivity contribution in [1.82, 2.24) is 20.5 Å². The van der Waals surface area contributed by atoms with E-state index in [9.17, 15) is 14.9 Å². The Bertz CT molecular complexity index is 1270. The van der Waals surface area contributed by atoms with E-state index in [1.165, 1.54) is 0 Å². The molecule has 36 heavy (non-hydrogen) atoms. The molecule has 3 aromatic rings. The van der Waals surface area contributed by atoms with Gasteiger partial charge in [-0.25, -0.2) is 0 Å². The van der Waals surface area contributed by atoms with Gasteiger partial charge in [0.1, 0.15) is 11.6 Å². The van der Waals surface area contributed by atoms with E-state index in [0.717, 1.165) is 10.9 Å². The quantitative estimate of drug-likeness (QED) is 0.550. The third-order valence-corrected chi connectivity index (χ3v) is 6.25. The summed E-state index contributed by atoms with van der Waals surface area (Å²) < 4.78 is 1.69. The number of likely N-dealkylation sites (N-methyl/N-ethyl adjacent to an activating group) is 1. The molecule has 2 heterocycles. The lowest BCUT2D eigenvalue weighted by Gasteiger charge is -2.37. The maximum absolute atomic E-state index is 13.3. The lowest BCUT2D eigenvalue weighted by Crippen LogP contribution is -2.49. The van der Waals surface area contributed by atoms with Gasteiger partial charge in [-0.2, -0.15) is 5.26 Å². The minimum atomic E-state index is -0.271. The average molecular weight is 511 g/mol. The zero-order valence-corrected chi connectivity index (χ0v) is 22.3. The van der Waals surface area contributed by atoms with Crippen LogP contribution in [0.3, 0.4) is 0 Å². The number of para-hydroxylation sites is 1. The molecule has 192 valence electrons. The first-order valence-electron chi connectivity index (χ1n) is 11.9. The Balaban J connectivity index is 0.00000148. The number of nitrogens with zero attached hydrogens (tertiary/aromatic N) is 5. The monoisotopic (exact) mass is 510 g/mol. The van der Waals surface area contributed by atoms with Crippen LogP contribution in [0.4, 0.5) is 5.69 Å². The van der Waals surface area contributed by atoms with Gasteiger partial charge in [0.2, 0.25) is 0 Å². The number of fused-ring (bicyclic) bond motifs is 1. The molecule has 2 aromatic carbocycles. The molecule has 0 bridgehead atoms. The SMILES string of the molecule is CC.CN(C)CCn1c(=O)c(C#N)c(N2CCN(C(=O)c3ccc(Cl)cc3)CC2)c2ccccc21.N. The fourth-order valence-electron chi connectivity index (χ4n) is 4.25. The fraction of sp³-hybridized carbons (Fsp3) is 0.370. The van der Waals surface area contributed by atoms with E-state index >= 15 is 0 Å². The summed E-state index contributed by atoms with van der Waals surface area (Å²) in [4.78, 5) is 32.0. The van der Waals surface area contributed by atoms with Gasteiger partial charge in [0.05, 0.1) is 11.2 Å². The van der Waals surface area contributed by atoms with Crippen LogP contribution in [0.2, 0.25) is 5.02 Å². The van der Waals surface area contributed by atoms with Gasteiger partial charge in [-0.3, -0.25) is 9.59 Å². The highest BCUT2D eigenvalue weighted by atomic mass is 35.5. The number of aromatic nitrogens is 1. The average Bonchev–Trinajstić information content (AvgIpc) is 2.88. The van der Waals surface area contributed by atoms with Crippen LogP contribution in [0.25, 0.3) is 10.9 Å². The minimum Gasteiger partial charge on any atom is -0.366 e. The van der Waals surface area contributed by atoms with Crippen molar-refractivity contribution in [2.75, 3.05) is 51.7 Å². The number of amides is 1. The molecular formula is C27H35ClN6O2. The third-order valence-electron chi connectivity index (χ3n) is 6.00. The van der Waals surface area contributed by atoms with Crippen molar-refractivity contribution in [2.45, 2.75) is 20.4 Å². The predicted octanol–water partition coefficient (Wildman–Crippen LogP) is 4.24. The molecule has 0 unspecified atom stereocenters. The number of rotatable bonds is 5. The number of hydrogen-bond acceptors (Lipinski definition) is 6. The molecule has 0 atom stereocenters. The van der Waals surface area contributed by atoms with E-state index in [1.807, 2.05) is 57.1 Å². The van der Waals surface area contributed by atoms with E-state index < -0.39 is 0 Å². The first-order chi connectivity index (χ1) is 16.9. The number of piperazine rings is 1. The minimum absolute atomic E-state index is 0. The highest BCUT2D eigenvalue weighted by Crippen LogP contribution is 2.30. The molecule has 1 aromatic heterocycles. The summed E-state index contributed by atoms with van der Waals surface area (Å²) in [5.41, 5.74) is 1.97. The van der Waals surface area contributed by atoms with Crippen LogP contribution in [0.15, 0.2) is 53.3 Å². The van der Waals surface area contributed by atoms with Crippen molar-refractivity contribution in [3.8, 4) is 6.07 Å². The molecule has 0 saturated carbocycles. The van der Waals surface area contributed by atoms with Gasteiger partial charge < -0.3 is 25.4 Å². The highest BCUT2D eigenvalue weighted by Gasteiger charge is 2.27. The molecule has 1 saturated heterocycles. The van der Waals surface area contributed by atoms with E-state index in [2.05, 4.69) is 11.0 Å². The van der Waals surface area contributed by atoms with E-state index in [1.54, 1.807) is 33.7 Å². The van der Waals surface area contributed by atoms with Crippen LogP contribution >= 0.6 is 11.6 Å².